The number of amides is 1. The van der Waals surface area contributed by atoms with E-state index in [1.807, 2.05) is 10.00 Å². The molecule has 1 N–H and O–H groups in total. The minimum absolute atomic E-state index is 0.000109. The average molecular weight is 514 g/mol. The van der Waals surface area contributed by atoms with Crippen LogP contribution in [0.2, 0.25) is 5.02 Å². The second-order valence-electron chi connectivity index (χ2n) is 8.10. The molecule has 4 rings (SSSR count). The number of ether oxygens (including phenoxy) is 1. The first kappa shape index (κ1) is 24.9. The van der Waals surface area contributed by atoms with Gasteiger partial charge < -0.3 is 14.5 Å². The number of nitrogens with one attached hydrogen (secondary N) is 1. The molecule has 188 valence electrons. The smallest absolute Gasteiger partial charge is 0.379 e. The summed E-state index contributed by atoms with van der Waals surface area (Å²) in [7, 11) is 0. The first-order valence-corrected chi connectivity index (χ1v) is 11.3. The Morgan fingerprint density at radius 2 is 2.03 bits per heavy atom. The number of H-pyrrole nitrogens is 1. The molecule has 1 atom stereocenters. The zero-order valence-corrected chi connectivity index (χ0v) is 19.5. The molecule has 10 nitrogen and oxygen atoms in total. The maximum atomic E-state index is 13.4. The lowest BCUT2D eigenvalue weighted by atomic mass is 10.2. The number of pyridine rings is 1. The van der Waals surface area contributed by atoms with Gasteiger partial charge in [-0.2, -0.15) is 23.4 Å². The fourth-order valence-corrected chi connectivity index (χ4v) is 4.20. The Bertz CT molecular complexity index is 1250. The Morgan fingerprint density at radius 3 is 2.71 bits per heavy atom. The van der Waals surface area contributed by atoms with Crippen LogP contribution in [0.1, 0.15) is 25.1 Å². The van der Waals surface area contributed by atoms with Crippen molar-refractivity contribution in [2.24, 2.45) is 0 Å². The van der Waals surface area contributed by atoms with Crippen molar-refractivity contribution in [3.63, 3.8) is 0 Å². The van der Waals surface area contributed by atoms with Crippen molar-refractivity contribution in [1.29, 1.82) is 0 Å². The van der Waals surface area contributed by atoms with E-state index in [0.717, 1.165) is 10.9 Å². The molecule has 35 heavy (non-hydrogen) atoms. The van der Waals surface area contributed by atoms with Crippen molar-refractivity contribution in [2.75, 3.05) is 44.3 Å². The molecule has 1 saturated heterocycles. The lowest BCUT2D eigenvalue weighted by Crippen LogP contribution is -2.49. The van der Waals surface area contributed by atoms with Crippen LogP contribution >= 0.6 is 11.6 Å². The number of aromatic amines is 1. The minimum atomic E-state index is -4.79. The number of hydrogen-bond acceptors (Lipinski definition) is 7. The SMILES string of the molecule is CC(COCCC(=O)N1CCN(c2ncccc2Cl)CC1)n1nc(C(F)(F)F)c2c(=O)[nH]ncc21. The van der Waals surface area contributed by atoms with E-state index in [2.05, 4.69) is 15.2 Å². The van der Waals surface area contributed by atoms with Gasteiger partial charge in [0.05, 0.1) is 42.4 Å². The molecule has 0 bridgehead atoms. The molecule has 0 spiro atoms. The summed E-state index contributed by atoms with van der Waals surface area (Å²) in [6.45, 7) is 3.94. The van der Waals surface area contributed by atoms with Gasteiger partial charge in [0.15, 0.2) is 5.69 Å². The summed E-state index contributed by atoms with van der Waals surface area (Å²) in [5.41, 5.74) is -2.28. The Morgan fingerprint density at radius 1 is 1.29 bits per heavy atom. The van der Waals surface area contributed by atoms with E-state index in [-0.39, 0.29) is 31.1 Å². The highest BCUT2D eigenvalue weighted by molar-refractivity contribution is 6.32. The van der Waals surface area contributed by atoms with E-state index in [0.29, 0.717) is 37.0 Å². The van der Waals surface area contributed by atoms with Gasteiger partial charge in [0.25, 0.3) is 5.56 Å². The first-order chi connectivity index (χ1) is 16.7. The number of carbonyl (C=O) groups is 1. The second kappa shape index (κ2) is 10.2. The zero-order valence-electron chi connectivity index (χ0n) is 18.8. The van der Waals surface area contributed by atoms with Crippen LogP contribution in [0.5, 0.6) is 0 Å². The van der Waals surface area contributed by atoms with Gasteiger partial charge in [0.1, 0.15) is 11.2 Å². The van der Waals surface area contributed by atoms with Crippen molar-refractivity contribution in [3.05, 3.63) is 45.6 Å². The quantitative estimate of drug-likeness (QED) is 0.483. The predicted molar refractivity (Wildman–Crippen MR) is 121 cm³/mol. The fourth-order valence-electron chi connectivity index (χ4n) is 3.96. The van der Waals surface area contributed by atoms with Gasteiger partial charge in [-0.05, 0) is 19.1 Å². The molecule has 0 saturated carbocycles. The summed E-state index contributed by atoms with van der Waals surface area (Å²) in [5.74, 6) is 0.611. The van der Waals surface area contributed by atoms with Crippen LogP contribution < -0.4 is 10.5 Å². The lowest BCUT2D eigenvalue weighted by molar-refractivity contribution is -0.140. The molecular formula is C21H23ClF3N7O3. The van der Waals surface area contributed by atoms with Crippen molar-refractivity contribution in [1.82, 2.24) is 29.9 Å². The van der Waals surface area contributed by atoms with Crippen LogP contribution in [0.25, 0.3) is 10.9 Å². The van der Waals surface area contributed by atoms with Crippen molar-refractivity contribution in [2.45, 2.75) is 25.6 Å². The molecule has 0 radical (unpaired) electrons. The monoisotopic (exact) mass is 513 g/mol. The summed E-state index contributed by atoms with van der Waals surface area (Å²) in [6, 6.07) is 2.90. The minimum Gasteiger partial charge on any atom is -0.379 e. The number of anilines is 1. The molecule has 1 aliphatic heterocycles. The number of piperazine rings is 1. The van der Waals surface area contributed by atoms with Crippen molar-refractivity contribution < 1.29 is 22.7 Å². The van der Waals surface area contributed by atoms with Gasteiger partial charge in [0, 0.05) is 32.4 Å². The molecule has 1 unspecified atom stereocenters. The normalized spacial score (nSPS) is 15.6. The largest absolute Gasteiger partial charge is 0.435 e. The Labute approximate surface area is 202 Å². The van der Waals surface area contributed by atoms with E-state index >= 15 is 0 Å². The molecule has 1 amide bonds. The third-order valence-corrected chi connectivity index (χ3v) is 6.00. The summed E-state index contributed by atoms with van der Waals surface area (Å²) in [4.78, 5) is 32.5. The number of rotatable bonds is 7. The lowest BCUT2D eigenvalue weighted by Gasteiger charge is -2.35. The Hall–Kier alpha value is -3.19. The molecule has 1 aliphatic rings. The van der Waals surface area contributed by atoms with Crippen LogP contribution in [0.3, 0.4) is 0 Å². The second-order valence-corrected chi connectivity index (χ2v) is 8.51. The molecule has 0 aromatic carbocycles. The molecule has 0 aliphatic carbocycles. The van der Waals surface area contributed by atoms with Gasteiger partial charge in [-0.15, -0.1) is 0 Å². The Kier molecular flexibility index (Phi) is 7.26. The molecule has 3 aromatic rings. The zero-order chi connectivity index (χ0) is 25.2. The van der Waals surface area contributed by atoms with E-state index in [1.54, 1.807) is 30.2 Å². The third-order valence-electron chi connectivity index (χ3n) is 5.70. The van der Waals surface area contributed by atoms with Gasteiger partial charge in [-0.25, -0.2) is 10.1 Å². The Balaban J connectivity index is 1.29. The topological polar surface area (TPSA) is 109 Å². The fraction of sp³-hybridized carbons (Fsp3) is 0.476. The standard InChI is InChI=1S/C21H23ClF3N7O3/c1-13(32-15-11-27-28-20(34)17(15)18(29-32)21(23,24)25)12-35-10-4-16(33)30-6-8-31(9-7-30)19-14(22)3-2-5-26-19/h2-3,5,11,13H,4,6-10,12H2,1H3,(H,28,34). The number of nitrogens with zero attached hydrogens (tertiary/aromatic N) is 6. The summed E-state index contributed by atoms with van der Waals surface area (Å²) < 4.78 is 46.7. The van der Waals surface area contributed by atoms with E-state index in [4.69, 9.17) is 16.3 Å². The summed E-state index contributed by atoms with van der Waals surface area (Å²) in [5, 5.41) is 9.18. The summed E-state index contributed by atoms with van der Waals surface area (Å²) in [6.07, 6.45) is -1.87. The predicted octanol–water partition coefficient (Wildman–Crippen LogP) is 2.50. The molecule has 4 heterocycles. The highest BCUT2D eigenvalue weighted by Gasteiger charge is 2.38. The van der Waals surface area contributed by atoms with Crippen LogP contribution in [-0.2, 0) is 15.7 Å². The number of hydrogen-bond donors (Lipinski definition) is 1. The van der Waals surface area contributed by atoms with E-state index in [1.165, 1.54) is 0 Å². The summed E-state index contributed by atoms with van der Waals surface area (Å²) >= 11 is 6.19. The van der Waals surface area contributed by atoms with Crippen molar-refractivity contribution in [3.8, 4) is 0 Å². The van der Waals surface area contributed by atoms with E-state index < -0.39 is 28.9 Å². The molecular weight excluding hydrogens is 491 g/mol. The van der Waals surface area contributed by atoms with Gasteiger partial charge in [0.2, 0.25) is 5.91 Å². The maximum Gasteiger partial charge on any atom is 0.435 e. The highest BCUT2D eigenvalue weighted by atomic mass is 35.5. The molecule has 14 heteroatoms. The van der Waals surface area contributed by atoms with Crippen LogP contribution in [0, 0.1) is 0 Å². The van der Waals surface area contributed by atoms with Gasteiger partial charge in [-0.3, -0.25) is 14.3 Å². The number of fused-ring (bicyclic) bond motifs is 1. The third kappa shape index (κ3) is 5.40. The van der Waals surface area contributed by atoms with E-state index in [9.17, 15) is 22.8 Å². The van der Waals surface area contributed by atoms with Crippen molar-refractivity contribution >= 4 is 34.2 Å². The number of carbonyl (C=O) groups excluding carboxylic acids is 1. The maximum absolute atomic E-state index is 13.4. The molecule has 1 fully saturated rings. The molecule has 3 aromatic heterocycles. The first-order valence-electron chi connectivity index (χ1n) is 10.9. The van der Waals surface area contributed by atoms with Gasteiger partial charge in [-0.1, -0.05) is 11.6 Å². The number of halogens is 4. The highest BCUT2D eigenvalue weighted by Crippen LogP contribution is 2.33. The van der Waals surface area contributed by atoms with Crippen LogP contribution in [0.15, 0.2) is 29.3 Å². The van der Waals surface area contributed by atoms with Crippen LogP contribution in [0.4, 0.5) is 19.0 Å². The van der Waals surface area contributed by atoms with Crippen LogP contribution in [-0.4, -0.2) is 75.2 Å². The number of aromatic nitrogens is 5. The average Bonchev–Trinajstić information content (AvgIpc) is 3.24. The number of alkyl halides is 3. The van der Waals surface area contributed by atoms with Gasteiger partial charge >= 0.3 is 6.18 Å².